The zero-order valence-electron chi connectivity index (χ0n) is 25.4. The van der Waals surface area contributed by atoms with Gasteiger partial charge in [0.05, 0.1) is 11.3 Å². The molecule has 1 aliphatic heterocycles. The van der Waals surface area contributed by atoms with E-state index in [1.807, 2.05) is 39.0 Å². The molecule has 224 valence electrons. The second-order valence-electron chi connectivity index (χ2n) is 12.6. The Bertz CT molecular complexity index is 1610. The molecule has 0 bridgehead atoms. The summed E-state index contributed by atoms with van der Waals surface area (Å²) in [5.41, 5.74) is 3.09. The lowest BCUT2D eigenvalue weighted by Crippen LogP contribution is -2.47. The highest BCUT2D eigenvalue weighted by Crippen LogP contribution is 2.39. The number of hydrogen-bond donors (Lipinski definition) is 2. The van der Waals surface area contributed by atoms with E-state index in [0.717, 1.165) is 58.6 Å². The molecule has 3 heterocycles. The van der Waals surface area contributed by atoms with Gasteiger partial charge in [0.1, 0.15) is 11.4 Å². The van der Waals surface area contributed by atoms with Gasteiger partial charge in [-0.05, 0) is 89.1 Å². The minimum atomic E-state index is -0.530. The summed E-state index contributed by atoms with van der Waals surface area (Å²) in [5.74, 6) is 2.54. The Morgan fingerprint density at radius 1 is 1.00 bits per heavy atom. The van der Waals surface area contributed by atoms with Crippen LogP contribution in [0, 0.1) is 12.8 Å². The minimum absolute atomic E-state index is 0.0159. The van der Waals surface area contributed by atoms with Crippen molar-refractivity contribution < 1.29 is 14.3 Å². The Morgan fingerprint density at radius 3 is 2.67 bits per heavy atom. The molecule has 6 rings (SSSR count). The first-order valence-electron chi connectivity index (χ1n) is 15.2. The van der Waals surface area contributed by atoms with Gasteiger partial charge in [-0.25, -0.2) is 19.7 Å². The standard InChI is InChI=1S/C34H40N6O3/c1-22-12-15-25-26(9-5-11-28(25)37-20-23-13-14-23)30(22)42-31-27(10-6-17-35-31)29-16-18-36-32(39-29)38-24-8-7-19-40(21-24)33(41)43-34(2,3)4/h5-6,9-12,15-18,23-24,37H,7-8,13-14,19-21H2,1-4H3,(H,36,38,39)/t24-/m0/s1. The average Bonchev–Trinajstić information content (AvgIpc) is 3.82. The van der Waals surface area contributed by atoms with Gasteiger partial charge in [0.2, 0.25) is 11.8 Å². The summed E-state index contributed by atoms with van der Waals surface area (Å²) in [6.07, 6.45) is 7.57. The number of carbonyl (C=O) groups is 1. The Kier molecular flexibility index (Phi) is 8.06. The quantitative estimate of drug-likeness (QED) is 0.222. The van der Waals surface area contributed by atoms with Crippen LogP contribution in [0.4, 0.5) is 16.4 Å². The molecule has 1 amide bonds. The number of aromatic nitrogens is 3. The van der Waals surface area contributed by atoms with Crippen LogP contribution in [0.25, 0.3) is 22.0 Å². The van der Waals surface area contributed by atoms with Crippen molar-refractivity contribution in [1.29, 1.82) is 0 Å². The predicted octanol–water partition coefficient (Wildman–Crippen LogP) is 7.43. The summed E-state index contributed by atoms with van der Waals surface area (Å²) in [6, 6.07) is 16.3. The maximum atomic E-state index is 12.6. The predicted molar refractivity (Wildman–Crippen MR) is 170 cm³/mol. The third-order valence-corrected chi connectivity index (χ3v) is 7.79. The van der Waals surface area contributed by atoms with Crippen LogP contribution in [0.3, 0.4) is 0 Å². The van der Waals surface area contributed by atoms with Crippen molar-refractivity contribution in [2.75, 3.05) is 30.3 Å². The summed E-state index contributed by atoms with van der Waals surface area (Å²) in [6.45, 7) is 9.90. The largest absolute Gasteiger partial charge is 0.444 e. The van der Waals surface area contributed by atoms with Gasteiger partial charge in [-0.2, -0.15) is 0 Å². The molecule has 9 nitrogen and oxygen atoms in total. The molecular weight excluding hydrogens is 540 g/mol. The van der Waals surface area contributed by atoms with Crippen molar-refractivity contribution in [3.05, 3.63) is 66.5 Å². The van der Waals surface area contributed by atoms with Crippen molar-refractivity contribution in [2.24, 2.45) is 5.92 Å². The molecule has 2 aliphatic rings. The zero-order valence-corrected chi connectivity index (χ0v) is 25.4. The zero-order chi connectivity index (χ0) is 30.0. The first-order chi connectivity index (χ1) is 20.7. The molecule has 2 aromatic heterocycles. The van der Waals surface area contributed by atoms with Crippen LogP contribution in [0.2, 0.25) is 0 Å². The number of aryl methyl sites for hydroxylation is 1. The van der Waals surface area contributed by atoms with Gasteiger partial charge in [-0.1, -0.05) is 24.3 Å². The number of likely N-dealkylation sites (tertiary alicyclic amines) is 1. The lowest BCUT2D eigenvalue weighted by Gasteiger charge is -2.34. The Morgan fingerprint density at radius 2 is 1.86 bits per heavy atom. The van der Waals surface area contributed by atoms with Crippen LogP contribution in [0.5, 0.6) is 11.6 Å². The summed E-state index contributed by atoms with van der Waals surface area (Å²) < 4.78 is 12.2. The third kappa shape index (κ3) is 6.98. The van der Waals surface area contributed by atoms with Crippen molar-refractivity contribution in [2.45, 2.75) is 65.0 Å². The van der Waals surface area contributed by atoms with E-state index in [1.54, 1.807) is 17.3 Å². The second kappa shape index (κ2) is 12.1. The van der Waals surface area contributed by atoms with Crippen LogP contribution < -0.4 is 15.4 Å². The minimum Gasteiger partial charge on any atom is -0.444 e. The number of nitrogens with zero attached hydrogens (tertiary/aromatic N) is 4. The number of amides is 1. The number of fused-ring (bicyclic) bond motifs is 1. The first kappa shape index (κ1) is 28.7. The normalized spacial score (nSPS) is 17.0. The Hall–Kier alpha value is -4.40. The molecule has 4 aromatic rings. The highest BCUT2D eigenvalue weighted by molar-refractivity contribution is 5.98. The van der Waals surface area contributed by atoms with Crippen molar-refractivity contribution in [3.8, 4) is 22.9 Å². The maximum absolute atomic E-state index is 12.6. The number of hydrogen-bond acceptors (Lipinski definition) is 8. The number of nitrogens with one attached hydrogen (secondary N) is 2. The molecular formula is C34H40N6O3. The van der Waals surface area contributed by atoms with Gasteiger partial charge in [-0.15, -0.1) is 0 Å². The van der Waals surface area contributed by atoms with Crippen molar-refractivity contribution in [3.63, 3.8) is 0 Å². The van der Waals surface area contributed by atoms with Crippen LogP contribution in [0.1, 0.15) is 52.0 Å². The fourth-order valence-electron chi connectivity index (χ4n) is 5.42. The van der Waals surface area contributed by atoms with Gasteiger partial charge < -0.3 is 25.0 Å². The fraction of sp³-hybridized carbons (Fsp3) is 0.412. The maximum Gasteiger partial charge on any atom is 0.410 e. The lowest BCUT2D eigenvalue weighted by molar-refractivity contribution is 0.0206. The summed E-state index contributed by atoms with van der Waals surface area (Å²) >= 11 is 0. The van der Waals surface area contributed by atoms with E-state index in [2.05, 4.69) is 57.9 Å². The summed E-state index contributed by atoms with van der Waals surface area (Å²) in [5, 5.41) is 9.23. The van der Waals surface area contributed by atoms with E-state index < -0.39 is 5.60 Å². The van der Waals surface area contributed by atoms with E-state index in [-0.39, 0.29) is 12.1 Å². The number of benzene rings is 2. The number of piperidine rings is 1. The number of anilines is 2. The molecule has 1 saturated heterocycles. The average molecular weight is 581 g/mol. The molecule has 1 saturated carbocycles. The van der Waals surface area contributed by atoms with E-state index >= 15 is 0 Å². The van der Waals surface area contributed by atoms with Gasteiger partial charge in [-0.3, -0.25) is 0 Å². The summed E-state index contributed by atoms with van der Waals surface area (Å²) in [4.78, 5) is 28.3. The van der Waals surface area contributed by atoms with Crippen LogP contribution in [-0.2, 0) is 4.74 Å². The Balaban J connectivity index is 1.22. The molecule has 2 N–H and O–H groups in total. The molecule has 9 heteroatoms. The lowest BCUT2D eigenvalue weighted by atomic mass is 10.0. The molecule has 0 spiro atoms. The van der Waals surface area contributed by atoms with Gasteiger partial charge >= 0.3 is 6.09 Å². The highest BCUT2D eigenvalue weighted by Gasteiger charge is 2.28. The van der Waals surface area contributed by atoms with Gasteiger partial charge in [0.25, 0.3) is 0 Å². The molecule has 0 unspecified atom stereocenters. The highest BCUT2D eigenvalue weighted by atomic mass is 16.6. The van der Waals surface area contributed by atoms with Gasteiger partial charge in [0.15, 0.2) is 0 Å². The smallest absolute Gasteiger partial charge is 0.410 e. The van der Waals surface area contributed by atoms with E-state index in [0.29, 0.717) is 30.6 Å². The molecule has 2 fully saturated rings. The molecule has 0 radical (unpaired) electrons. The first-order valence-corrected chi connectivity index (χ1v) is 15.2. The second-order valence-corrected chi connectivity index (χ2v) is 12.6. The van der Waals surface area contributed by atoms with E-state index in [4.69, 9.17) is 14.5 Å². The SMILES string of the molecule is Cc1ccc2c(NCC3CC3)cccc2c1Oc1ncccc1-c1ccnc(N[C@H]2CCCN(C(=O)OC(C)(C)C)C2)n1. The third-order valence-electron chi connectivity index (χ3n) is 7.79. The van der Waals surface area contributed by atoms with Crippen LogP contribution in [0.15, 0.2) is 60.9 Å². The number of ether oxygens (including phenoxy) is 2. The fourth-order valence-corrected chi connectivity index (χ4v) is 5.42. The molecule has 2 aromatic carbocycles. The van der Waals surface area contributed by atoms with E-state index in [1.165, 1.54) is 12.8 Å². The topological polar surface area (TPSA) is 102 Å². The van der Waals surface area contributed by atoms with E-state index in [9.17, 15) is 4.79 Å². The molecule has 1 atom stereocenters. The van der Waals surface area contributed by atoms with Crippen LogP contribution >= 0.6 is 0 Å². The van der Waals surface area contributed by atoms with Crippen LogP contribution in [-0.4, -0.2) is 57.2 Å². The van der Waals surface area contributed by atoms with Crippen molar-refractivity contribution in [1.82, 2.24) is 19.9 Å². The molecule has 43 heavy (non-hydrogen) atoms. The monoisotopic (exact) mass is 580 g/mol. The molecule has 1 aliphatic carbocycles. The number of rotatable bonds is 8. The van der Waals surface area contributed by atoms with Gasteiger partial charge in [0, 0.05) is 54.5 Å². The summed E-state index contributed by atoms with van der Waals surface area (Å²) in [7, 11) is 0. The van der Waals surface area contributed by atoms with Crippen molar-refractivity contribution >= 4 is 28.5 Å². The number of pyridine rings is 1. The Labute approximate surface area is 253 Å². The number of carbonyl (C=O) groups excluding carboxylic acids is 1.